The molecule has 0 atom stereocenters. The second kappa shape index (κ2) is 7.60. The van der Waals surface area contributed by atoms with Crippen molar-refractivity contribution < 1.29 is 0 Å². The van der Waals surface area contributed by atoms with Crippen molar-refractivity contribution in [1.29, 1.82) is 0 Å². The molecule has 0 spiro atoms. The van der Waals surface area contributed by atoms with E-state index < -0.39 is 0 Å². The Balaban J connectivity index is 2.42. The Bertz CT molecular complexity index is 551. The number of hydrogen-bond donors (Lipinski definition) is 1. The number of imidazole rings is 1. The van der Waals surface area contributed by atoms with E-state index in [9.17, 15) is 0 Å². The van der Waals surface area contributed by atoms with Gasteiger partial charge in [0.25, 0.3) is 0 Å². The van der Waals surface area contributed by atoms with Gasteiger partial charge in [0.15, 0.2) is 0 Å². The third-order valence-corrected chi connectivity index (χ3v) is 3.95. The molecule has 3 heteroatoms. The van der Waals surface area contributed by atoms with Crippen molar-refractivity contribution in [3.8, 4) is 0 Å². The smallest absolute Gasteiger partial charge is 0.124 e. The molecule has 116 valence electrons. The van der Waals surface area contributed by atoms with Gasteiger partial charge in [0.05, 0.1) is 17.6 Å². The maximum absolute atomic E-state index is 4.87. The fraction of sp³-hybridized carbons (Fsp3) is 0.611. The van der Waals surface area contributed by atoms with Gasteiger partial charge in [-0.25, -0.2) is 4.98 Å². The van der Waals surface area contributed by atoms with Crippen molar-refractivity contribution >= 4 is 11.0 Å². The van der Waals surface area contributed by atoms with E-state index >= 15 is 0 Å². The van der Waals surface area contributed by atoms with E-state index in [1.165, 1.54) is 37.0 Å². The average molecular weight is 287 g/mol. The van der Waals surface area contributed by atoms with Crippen LogP contribution in [0, 0.1) is 0 Å². The van der Waals surface area contributed by atoms with Crippen LogP contribution in [0.25, 0.3) is 11.0 Å². The number of aromatic nitrogens is 2. The molecule has 0 amide bonds. The van der Waals surface area contributed by atoms with Crippen LogP contribution in [0.15, 0.2) is 24.3 Å². The molecule has 1 aromatic heterocycles. The topological polar surface area (TPSA) is 29.9 Å². The summed E-state index contributed by atoms with van der Waals surface area (Å²) in [5.74, 6) is 1.18. The molecule has 1 heterocycles. The Morgan fingerprint density at radius 1 is 1.10 bits per heavy atom. The molecule has 0 saturated heterocycles. The summed E-state index contributed by atoms with van der Waals surface area (Å²) in [6.07, 6.45) is 4.88. The Hall–Kier alpha value is -1.35. The van der Waals surface area contributed by atoms with E-state index in [1.807, 2.05) is 0 Å². The standard InChI is InChI=1S/C18H29N3/c1-5-9-15(10-6-2)21-17-12-8-7-11-16(17)20-18(21)13-19-14(3)4/h7-8,11-12,14-15,19H,5-6,9-10,13H2,1-4H3. The number of nitrogens with zero attached hydrogens (tertiary/aromatic N) is 2. The number of fused-ring (bicyclic) bond motifs is 1. The second-order valence-electron chi connectivity index (χ2n) is 6.15. The third-order valence-electron chi connectivity index (χ3n) is 3.95. The van der Waals surface area contributed by atoms with Gasteiger partial charge < -0.3 is 9.88 Å². The summed E-state index contributed by atoms with van der Waals surface area (Å²) in [6.45, 7) is 9.75. The fourth-order valence-corrected chi connectivity index (χ4v) is 2.99. The molecule has 0 aliphatic carbocycles. The first kappa shape index (κ1) is 16.0. The summed E-state index contributed by atoms with van der Waals surface area (Å²) in [4.78, 5) is 4.87. The zero-order valence-corrected chi connectivity index (χ0v) is 13.9. The number of hydrogen-bond acceptors (Lipinski definition) is 2. The summed E-state index contributed by atoms with van der Waals surface area (Å²) in [5, 5.41) is 3.52. The Labute approximate surface area is 128 Å². The van der Waals surface area contributed by atoms with Crippen molar-refractivity contribution in [2.75, 3.05) is 0 Å². The molecule has 0 saturated carbocycles. The molecule has 1 N–H and O–H groups in total. The van der Waals surface area contributed by atoms with Crippen LogP contribution in [-0.4, -0.2) is 15.6 Å². The maximum atomic E-state index is 4.87. The van der Waals surface area contributed by atoms with Crippen molar-refractivity contribution in [3.63, 3.8) is 0 Å². The van der Waals surface area contributed by atoms with Crippen LogP contribution < -0.4 is 5.32 Å². The highest BCUT2D eigenvalue weighted by molar-refractivity contribution is 5.76. The molecule has 3 nitrogen and oxygen atoms in total. The molecular formula is C18H29N3. The molecule has 0 radical (unpaired) electrons. The second-order valence-corrected chi connectivity index (χ2v) is 6.15. The zero-order valence-electron chi connectivity index (χ0n) is 13.9. The number of benzene rings is 1. The average Bonchev–Trinajstić information content (AvgIpc) is 2.83. The summed E-state index contributed by atoms with van der Waals surface area (Å²) in [5.41, 5.74) is 2.40. The monoisotopic (exact) mass is 287 g/mol. The van der Waals surface area contributed by atoms with Crippen LogP contribution in [0.4, 0.5) is 0 Å². The van der Waals surface area contributed by atoms with Crippen molar-refractivity contribution in [2.45, 2.75) is 72.0 Å². The van der Waals surface area contributed by atoms with E-state index in [4.69, 9.17) is 4.98 Å². The first-order chi connectivity index (χ1) is 10.2. The lowest BCUT2D eigenvalue weighted by Crippen LogP contribution is -2.25. The first-order valence-electron chi connectivity index (χ1n) is 8.36. The molecular weight excluding hydrogens is 258 g/mol. The minimum Gasteiger partial charge on any atom is -0.324 e. The quantitative estimate of drug-likeness (QED) is 0.764. The van der Waals surface area contributed by atoms with Crippen LogP contribution >= 0.6 is 0 Å². The predicted octanol–water partition coefficient (Wildman–Crippen LogP) is 4.68. The van der Waals surface area contributed by atoms with Gasteiger partial charge in [-0.3, -0.25) is 0 Å². The van der Waals surface area contributed by atoms with Gasteiger partial charge in [0, 0.05) is 12.1 Å². The highest BCUT2D eigenvalue weighted by atomic mass is 15.1. The van der Waals surface area contributed by atoms with Crippen LogP contribution in [-0.2, 0) is 6.54 Å². The summed E-state index contributed by atoms with van der Waals surface area (Å²) >= 11 is 0. The molecule has 2 aromatic rings. The van der Waals surface area contributed by atoms with Gasteiger partial charge in [-0.05, 0) is 25.0 Å². The van der Waals surface area contributed by atoms with Crippen LogP contribution in [0.2, 0.25) is 0 Å². The van der Waals surface area contributed by atoms with Crippen molar-refractivity contribution in [1.82, 2.24) is 14.9 Å². The van der Waals surface area contributed by atoms with Crippen LogP contribution in [0.3, 0.4) is 0 Å². The maximum Gasteiger partial charge on any atom is 0.124 e. The Morgan fingerprint density at radius 3 is 2.38 bits per heavy atom. The fourth-order valence-electron chi connectivity index (χ4n) is 2.99. The SMILES string of the molecule is CCCC(CCC)n1c(CNC(C)C)nc2ccccc21. The molecule has 0 aliphatic heterocycles. The van der Waals surface area contributed by atoms with E-state index in [0.717, 1.165) is 12.1 Å². The van der Waals surface area contributed by atoms with E-state index in [0.29, 0.717) is 12.1 Å². The Kier molecular flexibility index (Phi) is 5.80. The molecule has 21 heavy (non-hydrogen) atoms. The van der Waals surface area contributed by atoms with Crippen molar-refractivity contribution in [2.24, 2.45) is 0 Å². The minimum atomic E-state index is 0.481. The summed E-state index contributed by atoms with van der Waals surface area (Å²) in [6, 6.07) is 9.58. The van der Waals surface area contributed by atoms with Crippen LogP contribution in [0.1, 0.15) is 65.2 Å². The van der Waals surface area contributed by atoms with Gasteiger partial charge in [-0.15, -0.1) is 0 Å². The van der Waals surface area contributed by atoms with E-state index in [1.54, 1.807) is 0 Å². The number of rotatable bonds is 8. The molecule has 0 aliphatic rings. The summed E-state index contributed by atoms with van der Waals surface area (Å²) < 4.78 is 2.48. The largest absolute Gasteiger partial charge is 0.324 e. The van der Waals surface area contributed by atoms with Crippen LogP contribution in [0.5, 0.6) is 0 Å². The first-order valence-corrected chi connectivity index (χ1v) is 8.36. The molecule has 2 rings (SSSR count). The molecule has 0 fully saturated rings. The lowest BCUT2D eigenvalue weighted by atomic mass is 10.1. The normalized spacial score (nSPS) is 11.9. The summed E-state index contributed by atoms with van der Waals surface area (Å²) in [7, 11) is 0. The molecule has 0 unspecified atom stereocenters. The van der Waals surface area contributed by atoms with Gasteiger partial charge >= 0.3 is 0 Å². The number of para-hydroxylation sites is 2. The van der Waals surface area contributed by atoms with E-state index in [-0.39, 0.29) is 0 Å². The predicted molar refractivity (Wildman–Crippen MR) is 90.6 cm³/mol. The van der Waals surface area contributed by atoms with Crippen molar-refractivity contribution in [3.05, 3.63) is 30.1 Å². The Morgan fingerprint density at radius 2 is 1.76 bits per heavy atom. The lowest BCUT2D eigenvalue weighted by Gasteiger charge is -2.21. The van der Waals surface area contributed by atoms with E-state index in [2.05, 4.69) is 61.8 Å². The highest BCUT2D eigenvalue weighted by Gasteiger charge is 2.17. The van der Waals surface area contributed by atoms with Gasteiger partial charge in [-0.1, -0.05) is 52.7 Å². The zero-order chi connectivity index (χ0) is 15.2. The molecule has 0 bridgehead atoms. The minimum absolute atomic E-state index is 0.481. The lowest BCUT2D eigenvalue weighted by molar-refractivity contribution is 0.415. The number of nitrogens with one attached hydrogen (secondary N) is 1. The highest BCUT2D eigenvalue weighted by Crippen LogP contribution is 2.27. The third kappa shape index (κ3) is 3.85. The van der Waals surface area contributed by atoms with Gasteiger partial charge in [0.1, 0.15) is 5.82 Å². The van der Waals surface area contributed by atoms with Gasteiger partial charge in [-0.2, -0.15) is 0 Å². The van der Waals surface area contributed by atoms with Gasteiger partial charge in [0.2, 0.25) is 0 Å². The molecule has 1 aromatic carbocycles.